The number of pyridine rings is 1. The van der Waals surface area contributed by atoms with E-state index in [-0.39, 0.29) is 0 Å². The van der Waals surface area contributed by atoms with Gasteiger partial charge >= 0.3 is 0 Å². The number of benzene rings is 1. The normalized spacial score (nSPS) is 16.2. The molecule has 3 rings (SSSR count). The summed E-state index contributed by atoms with van der Waals surface area (Å²) < 4.78 is 0. The summed E-state index contributed by atoms with van der Waals surface area (Å²) in [6.45, 7) is 0. The van der Waals surface area contributed by atoms with Crippen LogP contribution in [0.15, 0.2) is 18.2 Å². The number of nitrogens with zero attached hydrogens (tertiary/aromatic N) is 1. The van der Waals surface area contributed by atoms with Gasteiger partial charge in [0.25, 0.3) is 0 Å². The summed E-state index contributed by atoms with van der Waals surface area (Å²) in [5.74, 6) is 0.572. The van der Waals surface area contributed by atoms with Gasteiger partial charge in [-0.1, -0.05) is 36.0 Å². The van der Waals surface area contributed by atoms with E-state index in [4.69, 9.17) is 28.2 Å². The predicted octanol–water partition coefficient (Wildman–Crippen LogP) is 5.24. The first-order valence-electron chi connectivity index (χ1n) is 6.66. The van der Waals surface area contributed by atoms with Crippen molar-refractivity contribution in [3.8, 4) is 0 Å². The van der Waals surface area contributed by atoms with Crippen molar-refractivity contribution in [1.82, 2.24) is 4.98 Å². The van der Waals surface area contributed by atoms with Gasteiger partial charge in [-0.25, -0.2) is 0 Å². The lowest BCUT2D eigenvalue weighted by Gasteiger charge is -2.14. The van der Waals surface area contributed by atoms with Gasteiger partial charge in [0.05, 0.1) is 10.5 Å². The van der Waals surface area contributed by atoms with Crippen molar-refractivity contribution in [3.63, 3.8) is 0 Å². The quantitative estimate of drug-likeness (QED) is 0.819. The lowest BCUT2D eigenvalue weighted by atomic mass is 10.0. The van der Waals surface area contributed by atoms with Crippen LogP contribution < -0.4 is 5.32 Å². The fourth-order valence-electron chi connectivity index (χ4n) is 2.91. The predicted molar refractivity (Wildman–Crippen MR) is 82.5 cm³/mol. The van der Waals surface area contributed by atoms with Crippen LogP contribution in [0.3, 0.4) is 0 Å². The zero-order chi connectivity index (χ0) is 13.4. The Hall–Kier alpha value is -0.990. The van der Waals surface area contributed by atoms with Gasteiger partial charge in [0.15, 0.2) is 0 Å². The Morgan fingerprint density at radius 2 is 1.89 bits per heavy atom. The van der Waals surface area contributed by atoms with Crippen LogP contribution in [-0.2, 0) is 0 Å². The standard InChI is InChI=1S/C15H16Cl2N2/c1-18-14-8-13(9-4-2-3-5-9)19-15-11(14)6-10(16)7-12(15)17/h6-9H,2-5H2,1H3,(H,18,19). The van der Waals surface area contributed by atoms with Gasteiger partial charge in [-0.15, -0.1) is 0 Å². The first kappa shape index (κ1) is 13.0. The van der Waals surface area contributed by atoms with Gasteiger partial charge in [-0.3, -0.25) is 4.98 Å². The molecule has 0 spiro atoms. The van der Waals surface area contributed by atoms with E-state index in [1.54, 1.807) is 6.07 Å². The maximum Gasteiger partial charge on any atom is 0.0913 e. The van der Waals surface area contributed by atoms with Gasteiger partial charge in [-0.2, -0.15) is 0 Å². The summed E-state index contributed by atoms with van der Waals surface area (Å²) in [7, 11) is 1.92. The van der Waals surface area contributed by atoms with E-state index < -0.39 is 0 Å². The topological polar surface area (TPSA) is 24.9 Å². The van der Waals surface area contributed by atoms with E-state index in [9.17, 15) is 0 Å². The number of nitrogens with one attached hydrogen (secondary N) is 1. The minimum absolute atomic E-state index is 0.572. The highest BCUT2D eigenvalue weighted by atomic mass is 35.5. The Balaban J connectivity index is 2.21. The number of halogens is 2. The minimum Gasteiger partial charge on any atom is -0.388 e. The zero-order valence-electron chi connectivity index (χ0n) is 10.8. The summed E-state index contributed by atoms with van der Waals surface area (Å²) in [6, 6.07) is 5.82. The molecule has 1 fully saturated rings. The maximum absolute atomic E-state index is 6.30. The smallest absolute Gasteiger partial charge is 0.0913 e. The number of hydrogen-bond acceptors (Lipinski definition) is 2. The Bertz CT molecular complexity index is 619. The molecule has 0 radical (unpaired) electrons. The van der Waals surface area contributed by atoms with Crippen molar-refractivity contribution in [1.29, 1.82) is 0 Å². The molecule has 100 valence electrons. The molecule has 0 aliphatic heterocycles. The molecular formula is C15H16Cl2N2. The summed E-state index contributed by atoms with van der Waals surface area (Å²) >= 11 is 12.4. The first-order valence-corrected chi connectivity index (χ1v) is 7.42. The van der Waals surface area contributed by atoms with E-state index >= 15 is 0 Å². The Morgan fingerprint density at radius 3 is 2.58 bits per heavy atom. The highest BCUT2D eigenvalue weighted by molar-refractivity contribution is 6.38. The van der Waals surface area contributed by atoms with E-state index in [1.165, 1.54) is 25.7 Å². The number of hydrogen-bond donors (Lipinski definition) is 1. The number of aromatic nitrogens is 1. The fourth-order valence-corrected chi connectivity index (χ4v) is 3.45. The summed E-state index contributed by atoms with van der Waals surface area (Å²) in [5.41, 5.74) is 3.05. The monoisotopic (exact) mass is 294 g/mol. The molecule has 1 aliphatic rings. The number of anilines is 1. The second-order valence-electron chi connectivity index (χ2n) is 5.11. The van der Waals surface area contributed by atoms with Gasteiger partial charge in [-0.05, 0) is 31.0 Å². The van der Waals surface area contributed by atoms with Gasteiger partial charge < -0.3 is 5.32 Å². The van der Waals surface area contributed by atoms with Crippen LogP contribution in [0.2, 0.25) is 10.0 Å². The highest BCUT2D eigenvalue weighted by Crippen LogP contribution is 2.38. The van der Waals surface area contributed by atoms with Crippen LogP contribution in [0.5, 0.6) is 0 Å². The maximum atomic E-state index is 6.30. The molecule has 1 aliphatic carbocycles. The van der Waals surface area contributed by atoms with E-state index in [2.05, 4.69) is 11.4 Å². The van der Waals surface area contributed by atoms with Gasteiger partial charge in [0.2, 0.25) is 0 Å². The van der Waals surface area contributed by atoms with Crippen LogP contribution in [0.1, 0.15) is 37.3 Å². The molecule has 2 aromatic rings. The van der Waals surface area contributed by atoms with Crippen LogP contribution in [-0.4, -0.2) is 12.0 Å². The van der Waals surface area contributed by atoms with Crippen molar-refractivity contribution >= 4 is 39.8 Å². The second-order valence-corrected chi connectivity index (χ2v) is 5.95. The SMILES string of the molecule is CNc1cc(C2CCCC2)nc2c(Cl)cc(Cl)cc12. The van der Waals surface area contributed by atoms with E-state index in [1.807, 2.05) is 13.1 Å². The van der Waals surface area contributed by atoms with Gasteiger partial charge in [0.1, 0.15) is 0 Å². The molecule has 0 unspecified atom stereocenters. The van der Waals surface area contributed by atoms with Gasteiger partial charge in [0, 0.05) is 34.8 Å². The molecule has 1 aromatic carbocycles. The highest BCUT2D eigenvalue weighted by Gasteiger charge is 2.20. The molecular weight excluding hydrogens is 279 g/mol. The third-order valence-electron chi connectivity index (χ3n) is 3.89. The molecule has 2 nitrogen and oxygen atoms in total. The second kappa shape index (κ2) is 5.18. The van der Waals surface area contributed by atoms with Crippen LogP contribution in [0.4, 0.5) is 5.69 Å². The van der Waals surface area contributed by atoms with Crippen LogP contribution >= 0.6 is 23.2 Å². The fraction of sp³-hybridized carbons (Fsp3) is 0.400. The van der Waals surface area contributed by atoms with E-state index in [0.29, 0.717) is 16.0 Å². The summed E-state index contributed by atoms with van der Waals surface area (Å²) in [5, 5.41) is 5.49. The molecule has 1 N–H and O–H groups in total. The van der Waals surface area contributed by atoms with Crippen LogP contribution in [0, 0.1) is 0 Å². The van der Waals surface area contributed by atoms with Crippen molar-refractivity contribution < 1.29 is 0 Å². The Kier molecular flexibility index (Phi) is 3.55. The largest absolute Gasteiger partial charge is 0.388 e. The minimum atomic E-state index is 0.572. The van der Waals surface area contributed by atoms with E-state index in [0.717, 1.165) is 22.3 Å². The van der Waals surface area contributed by atoms with Crippen molar-refractivity contribution in [2.24, 2.45) is 0 Å². The van der Waals surface area contributed by atoms with Crippen molar-refractivity contribution in [2.45, 2.75) is 31.6 Å². The molecule has 4 heteroatoms. The lowest BCUT2D eigenvalue weighted by Crippen LogP contribution is -2.00. The molecule has 0 bridgehead atoms. The molecule has 0 atom stereocenters. The molecule has 1 saturated carbocycles. The zero-order valence-corrected chi connectivity index (χ0v) is 12.4. The van der Waals surface area contributed by atoms with Crippen molar-refractivity contribution in [3.05, 3.63) is 33.9 Å². The average Bonchev–Trinajstić information content (AvgIpc) is 2.91. The molecule has 1 heterocycles. The molecule has 0 saturated heterocycles. The summed E-state index contributed by atoms with van der Waals surface area (Å²) in [4.78, 5) is 4.78. The Morgan fingerprint density at radius 1 is 1.16 bits per heavy atom. The third-order valence-corrected chi connectivity index (χ3v) is 4.40. The third kappa shape index (κ3) is 2.39. The molecule has 0 amide bonds. The Labute approximate surface area is 123 Å². The number of rotatable bonds is 2. The molecule has 1 aromatic heterocycles. The summed E-state index contributed by atoms with van der Waals surface area (Å²) in [6.07, 6.45) is 5.06. The number of fused-ring (bicyclic) bond motifs is 1. The molecule has 19 heavy (non-hydrogen) atoms. The average molecular weight is 295 g/mol. The van der Waals surface area contributed by atoms with Crippen molar-refractivity contribution in [2.75, 3.05) is 12.4 Å². The van der Waals surface area contributed by atoms with Crippen LogP contribution in [0.25, 0.3) is 10.9 Å². The lowest BCUT2D eigenvalue weighted by molar-refractivity contribution is 0.701. The first-order chi connectivity index (χ1) is 9.19.